The lowest BCUT2D eigenvalue weighted by Gasteiger charge is -2.14. The topological polar surface area (TPSA) is 59.1 Å². The van der Waals surface area contributed by atoms with Crippen molar-refractivity contribution in [3.05, 3.63) is 29.3 Å². The molecule has 0 aliphatic carbocycles. The number of nitrogens with one attached hydrogen (secondary N) is 1. The minimum atomic E-state index is -4.52. The Hall–Kier alpha value is -1.72. The molecule has 0 aliphatic heterocycles. The second-order valence-corrected chi connectivity index (χ2v) is 2.80. The fourth-order valence-corrected chi connectivity index (χ4v) is 1.19. The molecule has 0 unspecified atom stereocenters. The molecule has 0 fully saturated rings. The summed E-state index contributed by atoms with van der Waals surface area (Å²) >= 11 is 0. The number of benzene rings is 1. The van der Waals surface area contributed by atoms with Crippen LogP contribution in [0.25, 0.3) is 0 Å². The zero-order valence-corrected chi connectivity index (χ0v) is 7.85. The van der Waals surface area contributed by atoms with E-state index in [1.165, 1.54) is 12.1 Å². The third-order valence-electron chi connectivity index (χ3n) is 1.81. The molecule has 0 atom stereocenters. The Morgan fingerprint density at radius 1 is 1.40 bits per heavy atom. The first kappa shape index (κ1) is 11.4. The van der Waals surface area contributed by atoms with Gasteiger partial charge < -0.3 is 10.5 Å². The molecule has 15 heavy (non-hydrogen) atoms. The number of alkyl halides is 3. The molecule has 0 radical (unpaired) electrons. The number of amidine groups is 1. The van der Waals surface area contributed by atoms with Gasteiger partial charge in [0.2, 0.25) is 0 Å². The van der Waals surface area contributed by atoms with Gasteiger partial charge in [-0.2, -0.15) is 13.2 Å². The van der Waals surface area contributed by atoms with Crippen molar-refractivity contribution in [1.29, 1.82) is 5.41 Å². The van der Waals surface area contributed by atoms with E-state index >= 15 is 0 Å². The highest BCUT2D eigenvalue weighted by Gasteiger charge is 2.35. The molecule has 0 aromatic heterocycles. The molecular formula is C9H9F3N2O. The number of hydrogen-bond donors (Lipinski definition) is 2. The Bertz CT molecular complexity index is 387. The van der Waals surface area contributed by atoms with Gasteiger partial charge in [0, 0.05) is 0 Å². The second-order valence-electron chi connectivity index (χ2n) is 2.80. The standard InChI is InChI=1S/C9H9F3N2O/c1-15-7-5(8(13)14)3-2-4-6(7)9(10,11)12/h2-4H,1H3,(H3,13,14). The first-order chi connectivity index (χ1) is 6.88. The molecule has 0 spiro atoms. The van der Waals surface area contributed by atoms with Gasteiger partial charge in [-0.3, -0.25) is 5.41 Å². The zero-order valence-electron chi connectivity index (χ0n) is 7.85. The van der Waals surface area contributed by atoms with Crippen LogP contribution in [0.5, 0.6) is 5.75 Å². The summed E-state index contributed by atoms with van der Waals surface area (Å²) in [5, 5.41) is 7.11. The molecule has 3 nitrogen and oxygen atoms in total. The van der Waals surface area contributed by atoms with Crippen molar-refractivity contribution in [2.75, 3.05) is 7.11 Å². The predicted octanol–water partition coefficient (Wildman–Crippen LogP) is 2.00. The highest BCUT2D eigenvalue weighted by Crippen LogP contribution is 2.37. The largest absolute Gasteiger partial charge is 0.495 e. The first-order valence-corrected chi connectivity index (χ1v) is 3.96. The fraction of sp³-hybridized carbons (Fsp3) is 0.222. The van der Waals surface area contributed by atoms with E-state index in [1.54, 1.807) is 0 Å². The van der Waals surface area contributed by atoms with Crippen LogP contribution in [0.2, 0.25) is 0 Å². The molecular weight excluding hydrogens is 209 g/mol. The highest BCUT2D eigenvalue weighted by atomic mass is 19.4. The van der Waals surface area contributed by atoms with Crippen molar-refractivity contribution < 1.29 is 17.9 Å². The van der Waals surface area contributed by atoms with Gasteiger partial charge >= 0.3 is 6.18 Å². The van der Waals surface area contributed by atoms with Gasteiger partial charge in [0.05, 0.1) is 18.2 Å². The number of rotatable bonds is 2. The van der Waals surface area contributed by atoms with Gasteiger partial charge in [-0.15, -0.1) is 0 Å². The Labute approximate surface area is 84.2 Å². The highest BCUT2D eigenvalue weighted by molar-refractivity contribution is 5.98. The molecule has 1 aromatic rings. The molecule has 6 heteroatoms. The number of hydrogen-bond acceptors (Lipinski definition) is 2. The lowest BCUT2D eigenvalue weighted by molar-refractivity contribution is -0.138. The molecule has 82 valence electrons. The van der Waals surface area contributed by atoms with Gasteiger partial charge in [-0.05, 0) is 12.1 Å². The molecule has 0 amide bonds. The van der Waals surface area contributed by atoms with Crippen molar-refractivity contribution in [3.63, 3.8) is 0 Å². The third-order valence-corrected chi connectivity index (χ3v) is 1.81. The lowest BCUT2D eigenvalue weighted by atomic mass is 10.1. The summed E-state index contributed by atoms with van der Waals surface area (Å²) in [4.78, 5) is 0. The third kappa shape index (κ3) is 2.20. The van der Waals surface area contributed by atoms with Gasteiger partial charge in [-0.1, -0.05) is 6.07 Å². The van der Waals surface area contributed by atoms with Crippen molar-refractivity contribution >= 4 is 5.84 Å². The number of nitrogen functional groups attached to an aromatic ring is 1. The van der Waals surface area contributed by atoms with E-state index in [0.29, 0.717) is 0 Å². The van der Waals surface area contributed by atoms with E-state index in [0.717, 1.165) is 13.2 Å². The van der Waals surface area contributed by atoms with Gasteiger partial charge in [0.15, 0.2) is 0 Å². The normalized spacial score (nSPS) is 11.2. The van der Waals surface area contributed by atoms with Crippen LogP contribution < -0.4 is 10.5 Å². The Balaban J connectivity index is 3.42. The molecule has 1 rings (SSSR count). The maximum absolute atomic E-state index is 12.5. The Morgan fingerprint density at radius 2 is 2.00 bits per heavy atom. The average Bonchev–Trinajstić information content (AvgIpc) is 2.15. The van der Waals surface area contributed by atoms with Crippen molar-refractivity contribution in [2.24, 2.45) is 5.73 Å². The Kier molecular flexibility index (Phi) is 2.88. The van der Waals surface area contributed by atoms with Crippen LogP contribution in [-0.4, -0.2) is 12.9 Å². The molecule has 1 aromatic carbocycles. The fourth-order valence-electron chi connectivity index (χ4n) is 1.19. The summed E-state index contributed by atoms with van der Waals surface area (Å²) in [5.41, 5.74) is 4.14. The molecule has 0 bridgehead atoms. The van der Waals surface area contributed by atoms with Gasteiger partial charge in [0.25, 0.3) is 0 Å². The molecule has 0 saturated carbocycles. The molecule has 0 saturated heterocycles. The number of methoxy groups -OCH3 is 1. The minimum Gasteiger partial charge on any atom is -0.495 e. The molecule has 0 heterocycles. The predicted molar refractivity (Wildman–Crippen MR) is 49.0 cm³/mol. The Morgan fingerprint density at radius 3 is 2.40 bits per heavy atom. The summed E-state index contributed by atoms with van der Waals surface area (Å²) in [5.74, 6) is -0.879. The van der Waals surface area contributed by atoms with Gasteiger partial charge in [0.1, 0.15) is 11.6 Å². The van der Waals surface area contributed by atoms with E-state index in [2.05, 4.69) is 4.74 Å². The maximum Gasteiger partial charge on any atom is 0.419 e. The quantitative estimate of drug-likeness (QED) is 0.589. The minimum absolute atomic E-state index is 0.0627. The summed E-state index contributed by atoms with van der Waals surface area (Å²) in [6.07, 6.45) is -4.52. The maximum atomic E-state index is 12.5. The van der Waals surface area contributed by atoms with Crippen molar-refractivity contribution in [3.8, 4) is 5.75 Å². The smallest absolute Gasteiger partial charge is 0.419 e. The van der Waals surface area contributed by atoms with Crippen LogP contribution in [0, 0.1) is 5.41 Å². The SMILES string of the molecule is COc1c(C(=N)N)cccc1C(F)(F)F. The van der Waals surface area contributed by atoms with E-state index in [9.17, 15) is 13.2 Å². The molecule has 3 N–H and O–H groups in total. The van der Waals surface area contributed by atoms with E-state index in [-0.39, 0.29) is 5.56 Å². The van der Waals surface area contributed by atoms with Crippen LogP contribution in [0.15, 0.2) is 18.2 Å². The van der Waals surface area contributed by atoms with E-state index in [1.807, 2.05) is 0 Å². The lowest BCUT2D eigenvalue weighted by Crippen LogP contribution is -2.16. The monoisotopic (exact) mass is 218 g/mol. The summed E-state index contributed by atoms with van der Waals surface area (Å²) < 4.78 is 42.1. The van der Waals surface area contributed by atoms with Crippen molar-refractivity contribution in [2.45, 2.75) is 6.18 Å². The van der Waals surface area contributed by atoms with E-state index < -0.39 is 23.3 Å². The van der Waals surface area contributed by atoms with Gasteiger partial charge in [-0.25, -0.2) is 0 Å². The van der Waals surface area contributed by atoms with Crippen LogP contribution in [-0.2, 0) is 6.18 Å². The summed E-state index contributed by atoms with van der Waals surface area (Å²) in [7, 11) is 1.11. The van der Waals surface area contributed by atoms with Crippen molar-refractivity contribution in [1.82, 2.24) is 0 Å². The average molecular weight is 218 g/mol. The van der Waals surface area contributed by atoms with Crippen LogP contribution in [0.3, 0.4) is 0 Å². The molecule has 0 aliphatic rings. The number of nitrogens with two attached hydrogens (primary N) is 1. The second kappa shape index (κ2) is 3.80. The number of halogens is 3. The summed E-state index contributed by atoms with van der Waals surface area (Å²) in [6, 6.07) is 3.36. The van der Waals surface area contributed by atoms with Crippen LogP contribution in [0.1, 0.15) is 11.1 Å². The zero-order chi connectivity index (χ0) is 11.6. The van der Waals surface area contributed by atoms with Crippen LogP contribution in [0.4, 0.5) is 13.2 Å². The van der Waals surface area contributed by atoms with Crippen LogP contribution >= 0.6 is 0 Å². The summed E-state index contributed by atoms with van der Waals surface area (Å²) in [6.45, 7) is 0. The number of ether oxygens (including phenoxy) is 1. The number of para-hydroxylation sites is 1. The first-order valence-electron chi connectivity index (χ1n) is 3.96. The van der Waals surface area contributed by atoms with E-state index in [4.69, 9.17) is 11.1 Å².